The van der Waals surface area contributed by atoms with Crippen molar-refractivity contribution < 1.29 is 4.74 Å². The minimum absolute atomic E-state index is 0.548. The first-order valence-corrected chi connectivity index (χ1v) is 6.56. The van der Waals surface area contributed by atoms with E-state index in [1.807, 2.05) is 54.6 Å². The predicted molar refractivity (Wildman–Crippen MR) is 80.2 cm³/mol. The quantitative estimate of drug-likeness (QED) is 0.674. The van der Waals surface area contributed by atoms with Crippen LogP contribution in [-0.2, 0) is 6.61 Å². The highest BCUT2D eigenvalue weighted by atomic mass is 16.5. The molecule has 2 aromatic carbocycles. The Morgan fingerprint density at radius 1 is 1.00 bits per heavy atom. The van der Waals surface area contributed by atoms with Crippen LogP contribution in [0.15, 0.2) is 72.4 Å². The van der Waals surface area contributed by atoms with Gasteiger partial charge in [0.15, 0.2) is 0 Å². The van der Waals surface area contributed by atoms with Crippen LogP contribution < -0.4 is 4.74 Å². The largest absolute Gasteiger partial charge is 0.489 e. The third-order valence-electron chi connectivity index (χ3n) is 2.85. The summed E-state index contributed by atoms with van der Waals surface area (Å²) < 4.78 is 7.32. The number of ether oxygens (including phenoxy) is 1. The zero-order chi connectivity index (χ0) is 14.3. The van der Waals surface area contributed by atoms with Gasteiger partial charge in [-0.15, -0.1) is 10.2 Å². The molecule has 1 heterocycles. The van der Waals surface area contributed by atoms with Crippen LogP contribution in [0.25, 0.3) is 0 Å². The van der Waals surface area contributed by atoms with Crippen LogP contribution >= 0.6 is 0 Å². The lowest BCUT2D eigenvalue weighted by molar-refractivity contribution is 0.306. The van der Waals surface area contributed by atoms with E-state index in [0.29, 0.717) is 6.61 Å². The molecule has 0 aliphatic carbocycles. The summed E-state index contributed by atoms with van der Waals surface area (Å²) in [5.41, 5.74) is 2.09. The average Bonchev–Trinajstić information content (AvgIpc) is 3.06. The standard InChI is InChI=1S/C16H14N4O/c1-2-5-14(6-3-1)11-21-16-8-4-7-15(9-16)10-19-20-12-17-18-13-20/h1-10,12-13H,11H2/b19-10-. The Morgan fingerprint density at radius 3 is 2.62 bits per heavy atom. The van der Waals surface area contributed by atoms with Crippen molar-refractivity contribution in [2.75, 3.05) is 0 Å². The van der Waals surface area contributed by atoms with Gasteiger partial charge in [0.2, 0.25) is 0 Å². The molecule has 0 atom stereocenters. The van der Waals surface area contributed by atoms with Crippen molar-refractivity contribution in [1.82, 2.24) is 14.9 Å². The van der Waals surface area contributed by atoms with Crippen molar-refractivity contribution >= 4 is 6.21 Å². The third kappa shape index (κ3) is 3.76. The van der Waals surface area contributed by atoms with E-state index in [0.717, 1.165) is 16.9 Å². The van der Waals surface area contributed by atoms with E-state index < -0.39 is 0 Å². The molecule has 0 fully saturated rings. The van der Waals surface area contributed by atoms with E-state index >= 15 is 0 Å². The summed E-state index contributed by atoms with van der Waals surface area (Å²) in [4.78, 5) is 0. The van der Waals surface area contributed by atoms with Gasteiger partial charge in [-0.25, -0.2) is 4.68 Å². The minimum atomic E-state index is 0.548. The maximum absolute atomic E-state index is 5.78. The summed E-state index contributed by atoms with van der Waals surface area (Å²) in [5, 5.41) is 11.6. The van der Waals surface area contributed by atoms with Crippen LogP contribution in [0, 0.1) is 0 Å². The molecule has 0 saturated heterocycles. The van der Waals surface area contributed by atoms with Crippen LogP contribution in [-0.4, -0.2) is 21.1 Å². The zero-order valence-electron chi connectivity index (χ0n) is 11.3. The molecule has 0 saturated carbocycles. The molecule has 3 rings (SSSR count). The lowest BCUT2D eigenvalue weighted by Gasteiger charge is -2.06. The fourth-order valence-corrected chi connectivity index (χ4v) is 1.81. The number of benzene rings is 2. The van der Waals surface area contributed by atoms with Gasteiger partial charge in [0, 0.05) is 0 Å². The Hall–Kier alpha value is -2.95. The van der Waals surface area contributed by atoms with Gasteiger partial charge in [0.1, 0.15) is 25.0 Å². The van der Waals surface area contributed by atoms with Crippen LogP contribution in [0.5, 0.6) is 5.75 Å². The van der Waals surface area contributed by atoms with Crippen LogP contribution in [0.2, 0.25) is 0 Å². The van der Waals surface area contributed by atoms with Crippen molar-refractivity contribution in [2.24, 2.45) is 5.10 Å². The summed E-state index contributed by atoms with van der Waals surface area (Å²) in [6.07, 6.45) is 4.80. The van der Waals surface area contributed by atoms with Crippen LogP contribution in [0.4, 0.5) is 0 Å². The van der Waals surface area contributed by atoms with Gasteiger partial charge >= 0.3 is 0 Å². The first kappa shape index (κ1) is 13.1. The molecule has 0 amide bonds. The highest BCUT2D eigenvalue weighted by molar-refractivity contribution is 5.80. The van der Waals surface area contributed by atoms with Gasteiger partial charge in [0.25, 0.3) is 0 Å². The number of nitrogens with zero attached hydrogens (tertiary/aromatic N) is 4. The summed E-state index contributed by atoms with van der Waals surface area (Å²) in [6.45, 7) is 0.548. The molecule has 0 N–H and O–H groups in total. The maximum Gasteiger partial charge on any atom is 0.141 e. The van der Waals surface area contributed by atoms with Crippen molar-refractivity contribution in [3.8, 4) is 5.75 Å². The van der Waals surface area contributed by atoms with E-state index in [9.17, 15) is 0 Å². The Labute approximate surface area is 122 Å². The van der Waals surface area contributed by atoms with Gasteiger partial charge in [-0.1, -0.05) is 42.5 Å². The topological polar surface area (TPSA) is 52.3 Å². The molecule has 0 bridgehead atoms. The second-order valence-electron chi connectivity index (χ2n) is 4.43. The molecule has 1 aromatic heterocycles. The van der Waals surface area contributed by atoms with E-state index in [-0.39, 0.29) is 0 Å². The molecule has 0 aliphatic heterocycles. The molecular formula is C16H14N4O. The van der Waals surface area contributed by atoms with Crippen LogP contribution in [0.3, 0.4) is 0 Å². The smallest absolute Gasteiger partial charge is 0.141 e. The molecule has 0 spiro atoms. The highest BCUT2D eigenvalue weighted by Crippen LogP contribution is 2.14. The molecular weight excluding hydrogens is 264 g/mol. The molecule has 0 unspecified atom stereocenters. The van der Waals surface area contributed by atoms with Gasteiger partial charge in [-0.05, 0) is 23.3 Å². The normalized spacial score (nSPS) is 10.9. The van der Waals surface area contributed by atoms with Gasteiger partial charge in [-0.3, -0.25) is 0 Å². The Balaban J connectivity index is 1.66. The summed E-state index contributed by atoms with van der Waals surface area (Å²) >= 11 is 0. The lowest BCUT2D eigenvalue weighted by Crippen LogP contribution is -1.95. The summed E-state index contributed by atoms with van der Waals surface area (Å²) in [5.74, 6) is 0.812. The number of aromatic nitrogens is 3. The Morgan fingerprint density at radius 2 is 1.81 bits per heavy atom. The van der Waals surface area contributed by atoms with Crippen LogP contribution in [0.1, 0.15) is 11.1 Å². The molecule has 21 heavy (non-hydrogen) atoms. The van der Waals surface area contributed by atoms with Gasteiger partial charge < -0.3 is 4.74 Å². The van der Waals surface area contributed by atoms with Crippen molar-refractivity contribution in [1.29, 1.82) is 0 Å². The van der Waals surface area contributed by atoms with Gasteiger partial charge in [-0.2, -0.15) is 5.10 Å². The molecule has 0 radical (unpaired) electrons. The molecule has 5 heteroatoms. The van der Waals surface area contributed by atoms with Crippen molar-refractivity contribution in [3.63, 3.8) is 0 Å². The second-order valence-corrected chi connectivity index (χ2v) is 4.43. The monoisotopic (exact) mass is 278 g/mol. The third-order valence-corrected chi connectivity index (χ3v) is 2.85. The number of rotatable bonds is 5. The summed E-state index contributed by atoms with van der Waals surface area (Å²) in [6, 6.07) is 17.8. The zero-order valence-corrected chi connectivity index (χ0v) is 11.3. The van der Waals surface area contributed by atoms with Gasteiger partial charge in [0.05, 0.1) is 6.21 Å². The second kappa shape index (κ2) is 6.47. The Kier molecular flexibility index (Phi) is 4.02. The number of hydrogen-bond donors (Lipinski definition) is 0. The molecule has 0 aliphatic rings. The van der Waals surface area contributed by atoms with Crippen molar-refractivity contribution in [2.45, 2.75) is 6.61 Å². The maximum atomic E-state index is 5.78. The Bertz CT molecular complexity index is 708. The summed E-state index contributed by atoms with van der Waals surface area (Å²) in [7, 11) is 0. The molecule has 104 valence electrons. The molecule has 3 aromatic rings. The van der Waals surface area contributed by atoms with Crippen molar-refractivity contribution in [3.05, 3.63) is 78.4 Å². The predicted octanol–water partition coefficient (Wildman–Crippen LogP) is 2.74. The van der Waals surface area contributed by atoms with E-state index in [4.69, 9.17) is 4.74 Å². The average molecular weight is 278 g/mol. The van der Waals surface area contributed by atoms with E-state index in [1.165, 1.54) is 17.3 Å². The fourth-order valence-electron chi connectivity index (χ4n) is 1.81. The molecule has 5 nitrogen and oxygen atoms in total. The fraction of sp³-hybridized carbons (Fsp3) is 0.0625. The first-order valence-electron chi connectivity index (χ1n) is 6.56. The first-order chi connectivity index (χ1) is 10.4. The minimum Gasteiger partial charge on any atom is -0.489 e. The van der Waals surface area contributed by atoms with E-state index in [1.54, 1.807) is 6.21 Å². The SMILES string of the molecule is C(=N/n1cnnc1)/c1cccc(OCc2ccccc2)c1. The highest BCUT2D eigenvalue weighted by Gasteiger charge is 1.97. The number of hydrogen-bond acceptors (Lipinski definition) is 4. The lowest BCUT2D eigenvalue weighted by atomic mass is 10.2. The van der Waals surface area contributed by atoms with E-state index in [2.05, 4.69) is 15.3 Å².